The number of amides is 1. The van der Waals surface area contributed by atoms with Crippen molar-refractivity contribution >= 4 is 5.91 Å². The van der Waals surface area contributed by atoms with Crippen LogP contribution < -0.4 is 0 Å². The minimum absolute atomic E-state index is 0.208. The number of hydrogen-bond acceptors (Lipinski definition) is 2. The van der Waals surface area contributed by atoms with Gasteiger partial charge < -0.3 is 9.64 Å². The van der Waals surface area contributed by atoms with Gasteiger partial charge in [-0.15, -0.1) is 0 Å². The molecule has 3 nitrogen and oxygen atoms in total. The Balaban J connectivity index is 4.05. The van der Waals surface area contributed by atoms with Gasteiger partial charge >= 0.3 is 0 Å². The number of unbranched alkanes of at least 4 members (excludes halogenated alkanes) is 8. The molecule has 0 atom stereocenters. The van der Waals surface area contributed by atoms with E-state index in [0.29, 0.717) is 13.0 Å². The van der Waals surface area contributed by atoms with Gasteiger partial charge in [-0.25, -0.2) is 0 Å². The number of ether oxygens (including phenoxy) is 1. The molecular formula is C20H41NO2. The van der Waals surface area contributed by atoms with E-state index in [-0.39, 0.29) is 12.0 Å². The van der Waals surface area contributed by atoms with E-state index in [1.165, 1.54) is 51.4 Å². The van der Waals surface area contributed by atoms with E-state index in [1.54, 1.807) is 0 Å². The molecule has 23 heavy (non-hydrogen) atoms. The lowest BCUT2D eigenvalue weighted by molar-refractivity contribution is -0.132. The molecule has 3 heteroatoms. The molecule has 0 spiro atoms. The Labute approximate surface area is 145 Å². The van der Waals surface area contributed by atoms with Gasteiger partial charge in [0.05, 0.1) is 19.1 Å². The van der Waals surface area contributed by atoms with Gasteiger partial charge in [-0.05, 0) is 26.7 Å². The van der Waals surface area contributed by atoms with Gasteiger partial charge in [0.1, 0.15) is 0 Å². The maximum atomic E-state index is 12.4. The van der Waals surface area contributed by atoms with E-state index in [0.717, 1.165) is 25.9 Å². The highest BCUT2D eigenvalue weighted by Crippen LogP contribution is 2.09. The van der Waals surface area contributed by atoms with Crippen LogP contribution in [0.1, 0.15) is 98.3 Å². The van der Waals surface area contributed by atoms with Gasteiger partial charge in [-0.1, -0.05) is 65.2 Å². The van der Waals surface area contributed by atoms with Gasteiger partial charge in [0.2, 0.25) is 5.91 Å². The normalized spacial score (nSPS) is 11.2. The number of hydrogen-bond donors (Lipinski definition) is 0. The second-order valence-electron chi connectivity index (χ2n) is 6.88. The van der Waals surface area contributed by atoms with Crippen LogP contribution in [0.2, 0.25) is 0 Å². The second-order valence-corrected chi connectivity index (χ2v) is 6.88. The number of nitrogens with zero attached hydrogens (tertiary/aromatic N) is 1. The van der Waals surface area contributed by atoms with E-state index in [1.807, 2.05) is 13.8 Å². The Morgan fingerprint density at radius 1 is 0.826 bits per heavy atom. The van der Waals surface area contributed by atoms with Crippen molar-refractivity contribution in [2.75, 3.05) is 19.7 Å². The number of carbonyl (C=O) groups excluding carboxylic acids is 1. The zero-order valence-electron chi connectivity index (χ0n) is 16.2. The van der Waals surface area contributed by atoms with Gasteiger partial charge in [0.25, 0.3) is 0 Å². The van der Waals surface area contributed by atoms with Crippen molar-refractivity contribution in [2.45, 2.75) is 104 Å². The van der Waals surface area contributed by atoms with Gasteiger partial charge in [0.15, 0.2) is 0 Å². The molecule has 0 radical (unpaired) electrons. The zero-order chi connectivity index (χ0) is 17.3. The molecule has 0 fully saturated rings. The second kappa shape index (κ2) is 16.3. The van der Waals surface area contributed by atoms with Crippen LogP contribution in [0, 0.1) is 0 Å². The first kappa shape index (κ1) is 22.4. The van der Waals surface area contributed by atoms with E-state index >= 15 is 0 Å². The van der Waals surface area contributed by atoms with Gasteiger partial charge in [-0.3, -0.25) is 4.79 Å². The van der Waals surface area contributed by atoms with Crippen LogP contribution in [-0.2, 0) is 9.53 Å². The van der Waals surface area contributed by atoms with Crippen molar-refractivity contribution in [3.05, 3.63) is 0 Å². The van der Waals surface area contributed by atoms with Crippen LogP contribution in [0.25, 0.3) is 0 Å². The molecule has 138 valence electrons. The Morgan fingerprint density at radius 2 is 1.30 bits per heavy atom. The zero-order valence-corrected chi connectivity index (χ0v) is 16.2. The molecule has 1 amide bonds. The summed E-state index contributed by atoms with van der Waals surface area (Å²) in [4.78, 5) is 14.5. The summed E-state index contributed by atoms with van der Waals surface area (Å²) >= 11 is 0. The maximum absolute atomic E-state index is 12.4. The molecule has 0 saturated heterocycles. The Hall–Kier alpha value is -0.570. The number of carbonyl (C=O) groups is 1. The molecule has 0 heterocycles. The quantitative estimate of drug-likeness (QED) is 0.347. The lowest BCUT2D eigenvalue weighted by Gasteiger charge is -2.23. The molecule has 0 aromatic heterocycles. The van der Waals surface area contributed by atoms with E-state index in [2.05, 4.69) is 18.7 Å². The Morgan fingerprint density at radius 3 is 1.74 bits per heavy atom. The van der Waals surface area contributed by atoms with Crippen molar-refractivity contribution in [3.8, 4) is 0 Å². The molecule has 0 aromatic rings. The first-order valence-corrected chi connectivity index (χ1v) is 10.0. The standard InChI is InChI=1S/C20H41NO2/c1-5-7-9-11-13-16-21(17-14-12-10-8-6-2)20(22)15-18-23-19(3)4/h19H,5-18H2,1-4H3. The summed E-state index contributed by atoms with van der Waals surface area (Å²) < 4.78 is 5.53. The van der Waals surface area contributed by atoms with Crippen molar-refractivity contribution in [3.63, 3.8) is 0 Å². The largest absolute Gasteiger partial charge is 0.378 e. The lowest BCUT2D eigenvalue weighted by atomic mass is 10.1. The molecule has 0 unspecified atom stereocenters. The van der Waals surface area contributed by atoms with Crippen molar-refractivity contribution < 1.29 is 9.53 Å². The van der Waals surface area contributed by atoms with Crippen LogP contribution >= 0.6 is 0 Å². The fraction of sp³-hybridized carbons (Fsp3) is 0.950. The average Bonchev–Trinajstić information content (AvgIpc) is 2.52. The fourth-order valence-electron chi connectivity index (χ4n) is 2.71. The summed E-state index contributed by atoms with van der Waals surface area (Å²) in [7, 11) is 0. The van der Waals surface area contributed by atoms with Crippen molar-refractivity contribution in [1.82, 2.24) is 4.90 Å². The molecule has 0 rings (SSSR count). The van der Waals surface area contributed by atoms with Crippen LogP contribution in [0.5, 0.6) is 0 Å². The van der Waals surface area contributed by atoms with Crippen LogP contribution in [0.3, 0.4) is 0 Å². The highest BCUT2D eigenvalue weighted by atomic mass is 16.5. The van der Waals surface area contributed by atoms with E-state index in [4.69, 9.17) is 4.74 Å². The van der Waals surface area contributed by atoms with Gasteiger partial charge in [0, 0.05) is 13.1 Å². The fourth-order valence-corrected chi connectivity index (χ4v) is 2.71. The summed E-state index contributed by atoms with van der Waals surface area (Å²) in [6.45, 7) is 10.9. The topological polar surface area (TPSA) is 29.5 Å². The van der Waals surface area contributed by atoms with E-state index < -0.39 is 0 Å². The summed E-state index contributed by atoms with van der Waals surface area (Å²) in [6, 6.07) is 0. The lowest BCUT2D eigenvalue weighted by Crippen LogP contribution is -2.33. The predicted octanol–water partition coefficient (Wildman–Crippen LogP) is 5.57. The molecule has 0 saturated carbocycles. The minimum Gasteiger partial charge on any atom is -0.378 e. The molecule has 0 N–H and O–H groups in total. The van der Waals surface area contributed by atoms with Gasteiger partial charge in [-0.2, -0.15) is 0 Å². The predicted molar refractivity (Wildman–Crippen MR) is 99.8 cm³/mol. The van der Waals surface area contributed by atoms with Crippen molar-refractivity contribution in [1.29, 1.82) is 0 Å². The first-order chi connectivity index (χ1) is 11.1. The molecular weight excluding hydrogens is 286 g/mol. The van der Waals surface area contributed by atoms with Crippen LogP contribution in [-0.4, -0.2) is 36.6 Å². The summed E-state index contributed by atoms with van der Waals surface area (Å²) in [6.07, 6.45) is 13.3. The highest BCUT2D eigenvalue weighted by Gasteiger charge is 2.13. The van der Waals surface area contributed by atoms with Crippen molar-refractivity contribution in [2.24, 2.45) is 0 Å². The van der Waals surface area contributed by atoms with E-state index in [9.17, 15) is 4.79 Å². The smallest absolute Gasteiger partial charge is 0.224 e. The monoisotopic (exact) mass is 327 g/mol. The molecule has 0 aromatic carbocycles. The molecule has 0 bridgehead atoms. The van der Waals surface area contributed by atoms with Crippen LogP contribution in [0.4, 0.5) is 0 Å². The summed E-state index contributed by atoms with van der Waals surface area (Å²) in [5, 5.41) is 0. The third kappa shape index (κ3) is 14.7. The third-order valence-electron chi connectivity index (χ3n) is 4.18. The minimum atomic E-state index is 0.208. The Kier molecular flexibility index (Phi) is 15.9. The Bertz CT molecular complexity index is 252. The molecule has 0 aliphatic rings. The highest BCUT2D eigenvalue weighted by molar-refractivity contribution is 5.76. The number of rotatable bonds is 16. The average molecular weight is 328 g/mol. The third-order valence-corrected chi connectivity index (χ3v) is 4.18. The first-order valence-electron chi connectivity index (χ1n) is 10.0. The molecule has 0 aliphatic heterocycles. The summed E-state index contributed by atoms with van der Waals surface area (Å²) in [5.41, 5.74) is 0. The SMILES string of the molecule is CCCCCCCN(CCCCCCC)C(=O)CCOC(C)C. The summed E-state index contributed by atoms with van der Waals surface area (Å²) in [5.74, 6) is 0.275. The molecule has 0 aliphatic carbocycles. The van der Waals surface area contributed by atoms with Crippen LogP contribution in [0.15, 0.2) is 0 Å². The maximum Gasteiger partial charge on any atom is 0.224 e.